The molecule has 6 heteroatoms. The van der Waals surface area contributed by atoms with Gasteiger partial charge in [0.1, 0.15) is 6.04 Å². The van der Waals surface area contributed by atoms with Crippen molar-refractivity contribution in [2.24, 2.45) is 5.92 Å². The summed E-state index contributed by atoms with van der Waals surface area (Å²) in [5.74, 6) is -0.438. The Labute approximate surface area is 105 Å². The second kappa shape index (κ2) is 5.66. The number of carbonyl (C=O) groups excluding carboxylic acids is 2. The van der Waals surface area contributed by atoms with E-state index in [0.29, 0.717) is 6.42 Å². The number of methoxy groups -OCH3 is 1. The zero-order chi connectivity index (χ0) is 13.0. The van der Waals surface area contributed by atoms with Crippen LogP contribution in [0.2, 0.25) is 0 Å². The lowest BCUT2D eigenvalue weighted by atomic mass is 9.84. The van der Waals surface area contributed by atoms with Crippen molar-refractivity contribution >= 4 is 11.9 Å². The minimum atomic E-state index is -0.649. The van der Waals surface area contributed by atoms with Crippen LogP contribution < -0.4 is 5.32 Å². The molecule has 0 radical (unpaired) electrons. The Morgan fingerprint density at radius 3 is 2.89 bits per heavy atom. The van der Waals surface area contributed by atoms with Gasteiger partial charge in [0.2, 0.25) is 5.91 Å². The molecule has 1 saturated carbocycles. The lowest BCUT2D eigenvalue weighted by Gasteiger charge is -2.26. The summed E-state index contributed by atoms with van der Waals surface area (Å²) in [7, 11) is 1.32. The number of aromatic nitrogens is 2. The van der Waals surface area contributed by atoms with Gasteiger partial charge in [-0.15, -0.1) is 0 Å². The highest BCUT2D eigenvalue weighted by atomic mass is 16.5. The molecule has 1 heterocycles. The third kappa shape index (κ3) is 2.88. The Morgan fingerprint density at radius 2 is 2.39 bits per heavy atom. The van der Waals surface area contributed by atoms with Crippen molar-refractivity contribution in [2.75, 3.05) is 7.11 Å². The van der Waals surface area contributed by atoms with Crippen molar-refractivity contribution in [1.29, 1.82) is 0 Å². The summed E-state index contributed by atoms with van der Waals surface area (Å²) in [5.41, 5.74) is 0.791. The number of aromatic amines is 1. The van der Waals surface area contributed by atoms with Crippen LogP contribution in [-0.2, 0) is 20.7 Å². The normalized spacial score (nSPS) is 16.7. The summed E-state index contributed by atoms with van der Waals surface area (Å²) >= 11 is 0. The van der Waals surface area contributed by atoms with Gasteiger partial charge in [0.25, 0.3) is 0 Å². The highest BCUT2D eigenvalue weighted by Gasteiger charge is 2.29. The van der Waals surface area contributed by atoms with Crippen LogP contribution in [0.3, 0.4) is 0 Å². The summed E-state index contributed by atoms with van der Waals surface area (Å²) in [6, 6.07) is -0.649. The van der Waals surface area contributed by atoms with E-state index in [2.05, 4.69) is 15.3 Å². The van der Waals surface area contributed by atoms with E-state index >= 15 is 0 Å². The minimum Gasteiger partial charge on any atom is -0.467 e. The first-order valence-electron chi connectivity index (χ1n) is 6.06. The molecule has 2 rings (SSSR count). The molecule has 1 aliphatic carbocycles. The van der Waals surface area contributed by atoms with Gasteiger partial charge in [0.05, 0.1) is 13.4 Å². The smallest absolute Gasteiger partial charge is 0.328 e. The third-order valence-electron chi connectivity index (χ3n) is 3.26. The molecule has 1 fully saturated rings. The van der Waals surface area contributed by atoms with E-state index in [9.17, 15) is 9.59 Å². The number of nitrogens with zero attached hydrogens (tertiary/aromatic N) is 1. The Balaban J connectivity index is 1.96. The monoisotopic (exact) mass is 251 g/mol. The van der Waals surface area contributed by atoms with Crippen LogP contribution >= 0.6 is 0 Å². The molecule has 1 amide bonds. The van der Waals surface area contributed by atoms with Crippen molar-refractivity contribution < 1.29 is 14.3 Å². The maximum Gasteiger partial charge on any atom is 0.328 e. The molecule has 18 heavy (non-hydrogen) atoms. The van der Waals surface area contributed by atoms with Crippen LogP contribution in [0.1, 0.15) is 25.0 Å². The maximum atomic E-state index is 11.8. The second-order valence-electron chi connectivity index (χ2n) is 4.49. The first kappa shape index (κ1) is 12.6. The largest absolute Gasteiger partial charge is 0.467 e. The Hall–Kier alpha value is -1.85. The molecular weight excluding hydrogens is 234 g/mol. The summed E-state index contributed by atoms with van der Waals surface area (Å²) in [6.07, 6.45) is 6.43. The zero-order valence-corrected chi connectivity index (χ0v) is 10.3. The van der Waals surface area contributed by atoms with Crippen LogP contribution in [0.25, 0.3) is 0 Å². The molecule has 0 spiro atoms. The van der Waals surface area contributed by atoms with Gasteiger partial charge in [-0.3, -0.25) is 4.79 Å². The number of hydrogen-bond donors (Lipinski definition) is 2. The van der Waals surface area contributed by atoms with Crippen molar-refractivity contribution in [2.45, 2.75) is 31.7 Å². The van der Waals surface area contributed by atoms with E-state index in [4.69, 9.17) is 4.74 Å². The fourth-order valence-electron chi connectivity index (χ4n) is 1.91. The van der Waals surface area contributed by atoms with Gasteiger partial charge in [-0.1, -0.05) is 6.42 Å². The molecule has 0 aromatic carbocycles. The summed E-state index contributed by atoms with van der Waals surface area (Å²) in [5, 5.41) is 2.75. The maximum absolute atomic E-state index is 11.8. The number of nitrogens with one attached hydrogen (secondary N) is 2. The quantitative estimate of drug-likeness (QED) is 0.742. The predicted octanol–water partition coefficient (Wildman–Crippen LogP) is 0.410. The van der Waals surface area contributed by atoms with Gasteiger partial charge in [0, 0.05) is 24.2 Å². The van der Waals surface area contributed by atoms with E-state index < -0.39 is 12.0 Å². The van der Waals surface area contributed by atoms with Gasteiger partial charge < -0.3 is 15.0 Å². The first-order chi connectivity index (χ1) is 8.70. The van der Waals surface area contributed by atoms with Crippen LogP contribution in [0, 0.1) is 5.92 Å². The molecule has 0 saturated heterocycles. The number of hydrogen-bond acceptors (Lipinski definition) is 4. The van der Waals surface area contributed by atoms with Crippen LogP contribution in [-0.4, -0.2) is 35.0 Å². The van der Waals surface area contributed by atoms with Crippen LogP contribution in [0.5, 0.6) is 0 Å². The van der Waals surface area contributed by atoms with Gasteiger partial charge >= 0.3 is 5.97 Å². The number of ether oxygens (including phenoxy) is 1. The fourth-order valence-corrected chi connectivity index (χ4v) is 1.91. The molecule has 1 atom stereocenters. The van der Waals surface area contributed by atoms with E-state index in [-0.39, 0.29) is 11.8 Å². The standard InChI is InChI=1S/C12H17N3O3/c1-18-12(17)10(5-9-6-13-7-14-9)15-11(16)8-3-2-4-8/h6-8,10H,2-5H2,1H3,(H,13,14)(H,15,16)/t10-/m0/s1. The molecule has 98 valence electrons. The first-order valence-corrected chi connectivity index (χ1v) is 6.06. The van der Waals surface area contributed by atoms with E-state index in [0.717, 1.165) is 25.0 Å². The van der Waals surface area contributed by atoms with E-state index in [1.54, 1.807) is 6.20 Å². The molecule has 6 nitrogen and oxygen atoms in total. The van der Waals surface area contributed by atoms with Gasteiger partial charge in [0.15, 0.2) is 0 Å². The zero-order valence-electron chi connectivity index (χ0n) is 10.3. The lowest BCUT2D eigenvalue weighted by molar-refractivity contribution is -0.146. The predicted molar refractivity (Wildman–Crippen MR) is 63.6 cm³/mol. The summed E-state index contributed by atoms with van der Waals surface area (Å²) < 4.78 is 4.71. The van der Waals surface area contributed by atoms with Crippen molar-refractivity contribution in [1.82, 2.24) is 15.3 Å². The Kier molecular flexibility index (Phi) is 3.96. The van der Waals surface area contributed by atoms with Crippen molar-refractivity contribution in [3.63, 3.8) is 0 Å². The number of esters is 1. The number of H-pyrrole nitrogens is 1. The number of rotatable bonds is 5. The molecule has 1 aromatic rings. The number of imidazole rings is 1. The topological polar surface area (TPSA) is 84.1 Å². The average molecular weight is 251 g/mol. The van der Waals surface area contributed by atoms with Crippen LogP contribution in [0.15, 0.2) is 12.5 Å². The second-order valence-corrected chi connectivity index (χ2v) is 4.49. The molecular formula is C12H17N3O3. The summed E-state index contributed by atoms with van der Waals surface area (Å²) in [6.45, 7) is 0. The van der Waals surface area contributed by atoms with E-state index in [1.165, 1.54) is 13.4 Å². The number of carbonyl (C=O) groups is 2. The highest BCUT2D eigenvalue weighted by Crippen LogP contribution is 2.26. The lowest BCUT2D eigenvalue weighted by Crippen LogP contribution is -2.46. The molecule has 1 aliphatic rings. The summed E-state index contributed by atoms with van der Waals surface area (Å²) in [4.78, 5) is 30.3. The van der Waals surface area contributed by atoms with Crippen molar-refractivity contribution in [3.05, 3.63) is 18.2 Å². The average Bonchev–Trinajstić information content (AvgIpc) is 2.77. The van der Waals surface area contributed by atoms with Crippen LogP contribution in [0.4, 0.5) is 0 Å². The van der Waals surface area contributed by atoms with Crippen molar-refractivity contribution in [3.8, 4) is 0 Å². The minimum absolute atomic E-state index is 0.0546. The molecule has 0 unspecified atom stereocenters. The Morgan fingerprint density at radius 1 is 1.61 bits per heavy atom. The van der Waals surface area contributed by atoms with Gasteiger partial charge in [-0.05, 0) is 12.8 Å². The van der Waals surface area contributed by atoms with E-state index in [1.807, 2.05) is 0 Å². The SMILES string of the molecule is COC(=O)[C@H](Cc1cnc[nH]1)NC(=O)C1CCC1. The van der Waals surface area contributed by atoms with Gasteiger partial charge in [-0.2, -0.15) is 0 Å². The third-order valence-corrected chi connectivity index (χ3v) is 3.26. The fraction of sp³-hybridized carbons (Fsp3) is 0.583. The number of amides is 1. The molecule has 1 aromatic heterocycles. The molecule has 0 aliphatic heterocycles. The molecule has 2 N–H and O–H groups in total. The highest BCUT2D eigenvalue weighted by molar-refractivity contribution is 5.86. The Bertz CT molecular complexity index is 412. The van der Waals surface area contributed by atoms with Gasteiger partial charge in [-0.25, -0.2) is 9.78 Å². The molecule has 0 bridgehead atoms.